The molecule has 1 aliphatic rings. The van der Waals surface area contributed by atoms with E-state index < -0.39 is 0 Å². The third-order valence-corrected chi connectivity index (χ3v) is 4.39. The molecule has 2 nitrogen and oxygen atoms in total. The smallest absolute Gasteiger partial charge is 0.230 e. The number of halogens is 1. The summed E-state index contributed by atoms with van der Waals surface area (Å²) in [5.74, 6) is 0.293. The molecule has 1 unspecified atom stereocenters. The lowest BCUT2D eigenvalue weighted by molar-refractivity contribution is -0.133. The Morgan fingerprint density at radius 3 is 2.52 bits per heavy atom. The summed E-state index contributed by atoms with van der Waals surface area (Å²) in [6, 6.07) is 18.4. The van der Waals surface area contributed by atoms with E-state index in [1.165, 1.54) is 16.7 Å². The quantitative estimate of drug-likeness (QED) is 0.757. The van der Waals surface area contributed by atoms with Crippen molar-refractivity contribution in [1.82, 2.24) is 4.90 Å². The lowest BCUT2D eigenvalue weighted by atomic mass is 9.77. The average Bonchev–Trinajstić information content (AvgIpc) is 2.49. The summed E-state index contributed by atoms with van der Waals surface area (Å²) in [6.45, 7) is 1.43. The lowest BCUT2D eigenvalue weighted by Crippen LogP contribution is -2.40. The Balaban J connectivity index is 1.74. The van der Waals surface area contributed by atoms with Crippen molar-refractivity contribution in [1.29, 1.82) is 0 Å². The van der Waals surface area contributed by atoms with Gasteiger partial charge in [-0.15, -0.1) is 0 Å². The van der Waals surface area contributed by atoms with Crippen LogP contribution < -0.4 is 0 Å². The Morgan fingerprint density at radius 1 is 1.10 bits per heavy atom. The van der Waals surface area contributed by atoms with Gasteiger partial charge >= 0.3 is 0 Å². The van der Waals surface area contributed by atoms with Crippen molar-refractivity contribution in [3.8, 4) is 0 Å². The van der Waals surface area contributed by atoms with Crippen LogP contribution in [0.25, 0.3) is 0 Å². The monoisotopic (exact) mass is 343 g/mol. The topological polar surface area (TPSA) is 20.3 Å². The van der Waals surface area contributed by atoms with E-state index >= 15 is 0 Å². The molecule has 0 fully saturated rings. The molecule has 21 heavy (non-hydrogen) atoms. The molecule has 0 saturated carbocycles. The average molecular weight is 344 g/mol. The van der Waals surface area contributed by atoms with Crippen LogP contribution in [0.15, 0.2) is 54.6 Å². The van der Waals surface area contributed by atoms with E-state index in [1.807, 2.05) is 35.2 Å². The highest BCUT2D eigenvalue weighted by Gasteiger charge is 2.34. The van der Waals surface area contributed by atoms with Crippen LogP contribution >= 0.6 is 15.9 Å². The minimum atomic E-state index is 0.0453. The Hall–Kier alpha value is -1.61. The van der Waals surface area contributed by atoms with Crippen LogP contribution in [0.3, 0.4) is 0 Å². The standard InChI is InChI=1S/C18H18BrNO/c19-10-11-20(13-14-6-2-1-3-7-14)18(21)17-12-15-8-4-5-9-16(15)17/h1-9,17H,10-13H2. The van der Waals surface area contributed by atoms with E-state index in [2.05, 4.69) is 40.2 Å². The van der Waals surface area contributed by atoms with Crippen LogP contribution in [-0.2, 0) is 17.8 Å². The normalized spacial score (nSPS) is 16.0. The van der Waals surface area contributed by atoms with Gasteiger partial charge in [0, 0.05) is 18.4 Å². The number of hydrogen-bond acceptors (Lipinski definition) is 1. The maximum Gasteiger partial charge on any atom is 0.230 e. The molecule has 0 spiro atoms. The summed E-state index contributed by atoms with van der Waals surface area (Å²) in [7, 11) is 0. The molecule has 0 saturated heterocycles. The first-order chi connectivity index (χ1) is 10.3. The van der Waals surface area contributed by atoms with E-state index in [4.69, 9.17) is 0 Å². The van der Waals surface area contributed by atoms with Gasteiger partial charge in [-0.1, -0.05) is 70.5 Å². The van der Waals surface area contributed by atoms with Gasteiger partial charge in [0.25, 0.3) is 0 Å². The molecule has 108 valence electrons. The number of amides is 1. The fourth-order valence-electron chi connectivity index (χ4n) is 2.87. The molecule has 0 aliphatic heterocycles. The first-order valence-corrected chi connectivity index (χ1v) is 8.38. The van der Waals surface area contributed by atoms with Crippen LogP contribution in [0.2, 0.25) is 0 Å². The van der Waals surface area contributed by atoms with Crippen LogP contribution in [0.4, 0.5) is 0 Å². The number of alkyl halides is 1. The van der Waals surface area contributed by atoms with E-state index in [-0.39, 0.29) is 11.8 Å². The Kier molecular flexibility index (Phi) is 4.39. The highest BCUT2D eigenvalue weighted by molar-refractivity contribution is 9.09. The van der Waals surface area contributed by atoms with E-state index in [9.17, 15) is 4.79 Å². The number of benzene rings is 2. The van der Waals surface area contributed by atoms with Gasteiger partial charge in [0.05, 0.1) is 5.92 Å². The molecule has 1 amide bonds. The highest BCUT2D eigenvalue weighted by Crippen LogP contribution is 2.36. The number of hydrogen-bond donors (Lipinski definition) is 0. The van der Waals surface area contributed by atoms with Gasteiger partial charge in [0.2, 0.25) is 5.91 Å². The maximum atomic E-state index is 12.8. The maximum absolute atomic E-state index is 12.8. The molecule has 1 atom stereocenters. The van der Waals surface area contributed by atoms with E-state index in [0.29, 0.717) is 6.54 Å². The predicted octanol–water partition coefficient (Wildman–Crippen LogP) is 3.75. The fourth-order valence-corrected chi connectivity index (χ4v) is 3.30. The molecule has 1 aliphatic carbocycles. The second-order valence-electron chi connectivity index (χ2n) is 5.39. The zero-order chi connectivity index (χ0) is 14.7. The Labute approximate surface area is 133 Å². The number of fused-ring (bicyclic) bond motifs is 1. The van der Waals surface area contributed by atoms with Gasteiger partial charge in [-0.25, -0.2) is 0 Å². The zero-order valence-corrected chi connectivity index (χ0v) is 13.4. The van der Waals surface area contributed by atoms with Gasteiger partial charge < -0.3 is 4.90 Å². The van der Waals surface area contributed by atoms with Gasteiger partial charge in [0.1, 0.15) is 0 Å². The predicted molar refractivity (Wildman–Crippen MR) is 88.5 cm³/mol. The first-order valence-electron chi connectivity index (χ1n) is 7.26. The molecule has 3 rings (SSSR count). The molecule has 2 aromatic rings. The van der Waals surface area contributed by atoms with Crippen molar-refractivity contribution < 1.29 is 4.79 Å². The SMILES string of the molecule is O=C(C1Cc2ccccc21)N(CCBr)Cc1ccccc1. The number of rotatable bonds is 5. The summed E-state index contributed by atoms with van der Waals surface area (Å²) >= 11 is 3.46. The zero-order valence-electron chi connectivity index (χ0n) is 11.8. The molecule has 0 bridgehead atoms. The summed E-state index contributed by atoms with van der Waals surface area (Å²) in [5.41, 5.74) is 3.70. The molecule has 2 aromatic carbocycles. The molecule has 0 aromatic heterocycles. The number of carbonyl (C=O) groups excluding carboxylic acids is 1. The van der Waals surface area contributed by atoms with Crippen LogP contribution in [0.1, 0.15) is 22.6 Å². The van der Waals surface area contributed by atoms with E-state index in [1.54, 1.807) is 0 Å². The summed E-state index contributed by atoms with van der Waals surface area (Å²) in [5, 5.41) is 0.805. The van der Waals surface area contributed by atoms with Gasteiger partial charge in [-0.2, -0.15) is 0 Å². The Morgan fingerprint density at radius 2 is 1.81 bits per heavy atom. The molecular weight excluding hydrogens is 326 g/mol. The minimum absolute atomic E-state index is 0.0453. The van der Waals surface area contributed by atoms with Crippen molar-refractivity contribution >= 4 is 21.8 Å². The molecular formula is C18H18BrNO. The number of carbonyl (C=O) groups is 1. The third kappa shape index (κ3) is 3.03. The summed E-state index contributed by atoms with van der Waals surface area (Å²) < 4.78 is 0. The van der Waals surface area contributed by atoms with Crippen LogP contribution in [0, 0.1) is 0 Å². The van der Waals surface area contributed by atoms with Gasteiger partial charge in [-0.3, -0.25) is 4.79 Å². The first kappa shape index (κ1) is 14.3. The molecule has 0 heterocycles. The van der Waals surface area contributed by atoms with Crippen molar-refractivity contribution in [3.05, 3.63) is 71.3 Å². The molecule has 3 heteroatoms. The Bertz CT molecular complexity index is 626. The van der Waals surface area contributed by atoms with Crippen LogP contribution in [-0.4, -0.2) is 22.7 Å². The van der Waals surface area contributed by atoms with E-state index in [0.717, 1.165) is 18.3 Å². The van der Waals surface area contributed by atoms with Gasteiger partial charge in [-0.05, 0) is 23.1 Å². The third-order valence-electron chi connectivity index (χ3n) is 4.04. The second kappa shape index (κ2) is 6.44. The summed E-state index contributed by atoms with van der Waals surface area (Å²) in [4.78, 5) is 14.8. The summed E-state index contributed by atoms with van der Waals surface area (Å²) in [6.07, 6.45) is 0.878. The van der Waals surface area contributed by atoms with Crippen molar-refractivity contribution in [2.75, 3.05) is 11.9 Å². The van der Waals surface area contributed by atoms with Crippen molar-refractivity contribution in [3.63, 3.8) is 0 Å². The largest absolute Gasteiger partial charge is 0.337 e. The van der Waals surface area contributed by atoms with Crippen molar-refractivity contribution in [2.45, 2.75) is 18.9 Å². The minimum Gasteiger partial charge on any atom is -0.337 e. The number of nitrogens with zero attached hydrogens (tertiary/aromatic N) is 1. The van der Waals surface area contributed by atoms with Crippen LogP contribution in [0.5, 0.6) is 0 Å². The molecule has 0 N–H and O–H groups in total. The van der Waals surface area contributed by atoms with Crippen molar-refractivity contribution in [2.24, 2.45) is 0 Å². The second-order valence-corrected chi connectivity index (χ2v) is 6.18. The fraction of sp³-hybridized carbons (Fsp3) is 0.278. The lowest BCUT2D eigenvalue weighted by Gasteiger charge is -2.34. The molecule has 0 radical (unpaired) electrons. The van der Waals surface area contributed by atoms with Gasteiger partial charge in [0.15, 0.2) is 0 Å². The highest BCUT2D eigenvalue weighted by atomic mass is 79.9.